The molecule has 0 heterocycles. The monoisotopic (exact) mass is 663 g/mol. The minimum atomic E-state index is -4.31. The van der Waals surface area contributed by atoms with E-state index in [1.165, 1.54) is 37.3 Å². The average molecular weight is 664 g/mol. The van der Waals surface area contributed by atoms with Gasteiger partial charge >= 0.3 is 0 Å². The van der Waals surface area contributed by atoms with Crippen molar-refractivity contribution in [3.63, 3.8) is 0 Å². The highest BCUT2D eigenvalue weighted by Gasteiger charge is 2.35. The number of methoxy groups -OCH3 is 2. The first-order valence-electron chi connectivity index (χ1n) is 14.8. The summed E-state index contributed by atoms with van der Waals surface area (Å²) in [4.78, 5) is 29.8. The van der Waals surface area contributed by atoms with Crippen molar-refractivity contribution in [2.45, 2.75) is 37.2 Å². The Kier molecular flexibility index (Phi) is 12.1. The zero-order chi connectivity index (χ0) is 33.1. The molecule has 0 aliphatic rings. The summed E-state index contributed by atoms with van der Waals surface area (Å²) in [6.07, 6.45) is 0.904. The maximum atomic E-state index is 14.6. The second-order valence-electron chi connectivity index (χ2n) is 10.5. The van der Waals surface area contributed by atoms with Gasteiger partial charge in [0.1, 0.15) is 24.1 Å². The van der Waals surface area contributed by atoms with Crippen LogP contribution >= 0.6 is 11.6 Å². The zero-order valence-corrected chi connectivity index (χ0v) is 27.6. The number of rotatable bonds is 15. The fraction of sp³-hybridized carbons (Fsp3) is 0.257. The number of nitrogens with one attached hydrogen (secondary N) is 1. The summed E-state index contributed by atoms with van der Waals surface area (Å²) in [5.41, 5.74) is 1.63. The van der Waals surface area contributed by atoms with E-state index in [9.17, 15) is 18.0 Å². The Morgan fingerprint density at radius 1 is 0.848 bits per heavy atom. The summed E-state index contributed by atoms with van der Waals surface area (Å²) in [6.45, 7) is 1.73. The zero-order valence-electron chi connectivity index (χ0n) is 26.1. The van der Waals surface area contributed by atoms with Gasteiger partial charge in [0.05, 0.1) is 24.8 Å². The van der Waals surface area contributed by atoms with E-state index in [4.69, 9.17) is 21.1 Å². The highest BCUT2D eigenvalue weighted by Crippen LogP contribution is 2.36. The van der Waals surface area contributed by atoms with Crippen molar-refractivity contribution in [3.05, 3.63) is 119 Å². The van der Waals surface area contributed by atoms with E-state index < -0.39 is 28.5 Å². The van der Waals surface area contributed by atoms with E-state index in [1.807, 2.05) is 37.3 Å². The molecule has 1 N–H and O–H groups in total. The van der Waals surface area contributed by atoms with Crippen molar-refractivity contribution in [3.8, 4) is 11.5 Å². The van der Waals surface area contributed by atoms with Crippen molar-refractivity contribution in [2.75, 3.05) is 31.6 Å². The summed E-state index contributed by atoms with van der Waals surface area (Å²) in [7, 11) is -1.43. The molecule has 2 amide bonds. The maximum absolute atomic E-state index is 14.6. The van der Waals surface area contributed by atoms with Crippen LogP contribution in [-0.4, -0.2) is 58.5 Å². The van der Waals surface area contributed by atoms with E-state index in [0.29, 0.717) is 29.3 Å². The van der Waals surface area contributed by atoms with Gasteiger partial charge in [-0.2, -0.15) is 0 Å². The predicted octanol–water partition coefficient (Wildman–Crippen LogP) is 5.72. The van der Waals surface area contributed by atoms with Crippen LogP contribution in [0.5, 0.6) is 11.5 Å². The van der Waals surface area contributed by atoms with Crippen LogP contribution in [0.15, 0.2) is 108 Å². The lowest BCUT2D eigenvalue weighted by molar-refractivity contribution is -0.140. The second-order valence-corrected chi connectivity index (χ2v) is 12.8. The third-order valence-corrected chi connectivity index (χ3v) is 9.34. The van der Waals surface area contributed by atoms with Gasteiger partial charge in [-0.3, -0.25) is 13.9 Å². The molecule has 0 aliphatic heterocycles. The lowest BCUT2D eigenvalue weighted by atomic mass is 10.0. The molecule has 0 aliphatic carbocycles. The van der Waals surface area contributed by atoms with E-state index in [-0.39, 0.29) is 35.2 Å². The SMILES string of the molecule is CCCNC(=O)[C@H](Cc1ccccc1)N(Cc1cccc(Cl)c1)C(=O)CN(c1cc(OC)ccc1OC)S(=O)(=O)c1ccccc1. The largest absolute Gasteiger partial charge is 0.497 e. The van der Waals surface area contributed by atoms with Gasteiger partial charge in [-0.1, -0.05) is 79.2 Å². The van der Waals surface area contributed by atoms with Gasteiger partial charge in [0.25, 0.3) is 10.0 Å². The van der Waals surface area contributed by atoms with E-state index in [2.05, 4.69) is 5.32 Å². The number of carbonyl (C=O) groups excluding carboxylic acids is 2. The third-order valence-electron chi connectivity index (χ3n) is 7.33. The first-order chi connectivity index (χ1) is 22.2. The molecule has 0 aromatic heterocycles. The average Bonchev–Trinajstić information content (AvgIpc) is 3.08. The van der Waals surface area contributed by atoms with Crippen LogP contribution in [-0.2, 0) is 32.6 Å². The number of anilines is 1. The molecule has 11 heteroatoms. The van der Waals surface area contributed by atoms with Crippen LogP contribution in [0.1, 0.15) is 24.5 Å². The molecule has 0 spiro atoms. The molecule has 0 radical (unpaired) electrons. The topological polar surface area (TPSA) is 105 Å². The number of hydrogen-bond acceptors (Lipinski definition) is 6. The van der Waals surface area contributed by atoms with Gasteiger partial charge in [0, 0.05) is 30.6 Å². The van der Waals surface area contributed by atoms with Crippen molar-refractivity contribution in [1.29, 1.82) is 0 Å². The summed E-state index contributed by atoms with van der Waals surface area (Å²) >= 11 is 6.31. The Balaban J connectivity index is 1.85. The van der Waals surface area contributed by atoms with Crippen LogP contribution in [0.4, 0.5) is 5.69 Å². The summed E-state index contributed by atoms with van der Waals surface area (Å²) in [6, 6.07) is 28.0. The third kappa shape index (κ3) is 8.58. The van der Waals surface area contributed by atoms with Gasteiger partial charge in [-0.25, -0.2) is 8.42 Å². The van der Waals surface area contributed by atoms with E-state index in [1.54, 1.807) is 54.6 Å². The number of amides is 2. The van der Waals surface area contributed by atoms with Gasteiger partial charge in [-0.05, 0) is 53.9 Å². The van der Waals surface area contributed by atoms with Crippen LogP contribution in [0.3, 0.4) is 0 Å². The minimum Gasteiger partial charge on any atom is -0.497 e. The second kappa shape index (κ2) is 16.1. The Hall–Kier alpha value is -4.54. The highest BCUT2D eigenvalue weighted by molar-refractivity contribution is 7.92. The van der Waals surface area contributed by atoms with E-state index in [0.717, 1.165) is 9.87 Å². The molecule has 0 fully saturated rings. The van der Waals surface area contributed by atoms with Crippen molar-refractivity contribution < 1.29 is 27.5 Å². The molecule has 46 heavy (non-hydrogen) atoms. The molecule has 0 bridgehead atoms. The van der Waals surface area contributed by atoms with Crippen molar-refractivity contribution in [1.82, 2.24) is 10.2 Å². The van der Waals surface area contributed by atoms with E-state index >= 15 is 0 Å². The van der Waals surface area contributed by atoms with Gasteiger partial charge in [0.15, 0.2) is 0 Å². The van der Waals surface area contributed by atoms with Crippen molar-refractivity contribution in [2.24, 2.45) is 0 Å². The molecule has 242 valence electrons. The summed E-state index contributed by atoms with van der Waals surface area (Å²) in [5, 5.41) is 3.40. The Morgan fingerprint density at radius 2 is 1.52 bits per heavy atom. The molecular formula is C35H38ClN3O6S. The van der Waals surface area contributed by atoms with Gasteiger partial charge in [-0.15, -0.1) is 0 Å². The highest BCUT2D eigenvalue weighted by atomic mass is 35.5. The smallest absolute Gasteiger partial charge is 0.264 e. The van der Waals surface area contributed by atoms with Crippen LogP contribution in [0.2, 0.25) is 5.02 Å². The first-order valence-corrected chi connectivity index (χ1v) is 16.6. The van der Waals surface area contributed by atoms with Crippen molar-refractivity contribution >= 4 is 39.1 Å². The molecule has 0 saturated carbocycles. The number of ether oxygens (including phenoxy) is 2. The standard InChI is InChI=1S/C35H38ClN3O6S/c1-4-20-37-35(41)32(22-26-12-7-5-8-13-26)38(24-27-14-11-15-28(36)21-27)34(40)25-39(46(42,43)30-16-9-6-10-17-30)31-23-29(44-2)18-19-33(31)45-3/h5-19,21,23,32H,4,20,22,24-25H2,1-3H3,(H,37,41)/t32-/m0/s1. The first kappa shape index (κ1) is 34.3. The maximum Gasteiger partial charge on any atom is 0.264 e. The summed E-state index contributed by atoms with van der Waals surface area (Å²) < 4.78 is 40.5. The minimum absolute atomic E-state index is 0.00487. The predicted molar refractivity (Wildman–Crippen MR) is 180 cm³/mol. The molecule has 0 unspecified atom stereocenters. The van der Waals surface area contributed by atoms with Crippen LogP contribution in [0, 0.1) is 0 Å². The Morgan fingerprint density at radius 3 is 2.15 bits per heavy atom. The van der Waals surface area contributed by atoms with Gasteiger partial charge < -0.3 is 19.7 Å². The summed E-state index contributed by atoms with van der Waals surface area (Å²) in [5.74, 6) is -0.362. The fourth-order valence-corrected chi connectivity index (χ4v) is 6.63. The molecule has 4 aromatic carbocycles. The van der Waals surface area contributed by atoms with Crippen LogP contribution in [0.25, 0.3) is 0 Å². The number of sulfonamides is 1. The Labute approximate surface area is 275 Å². The fourth-order valence-electron chi connectivity index (χ4n) is 4.98. The Bertz CT molecular complexity index is 1720. The molecule has 9 nitrogen and oxygen atoms in total. The number of hydrogen-bond donors (Lipinski definition) is 1. The molecule has 4 rings (SSSR count). The van der Waals surface area contributed by atoms with Crippen LogP contribution < -0.4 is 19.1 Å². The number of benzene rings is 4. The molecule has 4 aromatic rings. The number of carbonyl (C=O) groups is 2. The molecule has 1 atom stereocenters. The normalized spacial score (nSPS) is 11.7. The number of nitrogens with zero attached hydrogens (tertiary/aromatic N) is 2. The molecule has 0 saturated heterocycles. The van der Waals surface area contributed by atoms with Gasteiger partial charge in [0.2, 0.25) is 11.8 Å². The quantitative estimate of drug-likeness (QED) is 0.175. The lowest BCUT2D eigenvalue weighted by Gasteiger charge is -2.34. The lowest BCUT2D eigenvalue weighted by Crippen LogP contribution is -2.53. The molecular weight excluding hydrogens is 626 g/mol. The number of halogens is 1.